The molecule has 0 saturated heterocycles. The molecule has 0 spiro atoms. The number of fused-ring (bicyclic) bond motifs is 1. The fourth-order valence-corrected chi connectivity index (χ4v) is 6.50. The fourth-order valence-electron chi connectivity index (χ4n) is 3.75. The third kappa shape index (κ3) is 4.44. The molecule has 0 N–H and O–H groups in total. The summed E-state index contributed by atoms with van der Waals surface area (Å²) in [6.07, 6.45) is 0. The van der Waals surface area contributed by atoms with Crippen LogP contribution in [0, 0.1) is 0 Å². The van der Waals surface area contributed by atoms with Crippen molar-refractivity contribution in [1.82, 2.24) is 0 Å². The van der Waals surface area contributed by atoms with E-state index >= 15 is 0 Å². The van der Waals surface area contributed by atoms with Gasteiger partial charge in [0.2, 0.25) is 0 Å². The molecule has 1 aliphatic rings. The van der Waals surface area contributed by atoms with Gasteiger partial charge in [0, 0.05) is 24.7 Å². The summed E-state index contributed by atoms with van der Waals surface area (Å²) in [5, 5.41) is 1.72. The zero-order valence-corrected chi connectivity index (χ0v) is 19.6. The summed E-state index contributed by atoms with van der Waals surface area (Å²) in [7, 11) is 0. The molecule has 0 amide bonds. The molecule has 4 aromatic carbocycles. The van der Waals surface area contributed by atoms with Gasteiger partial charge in [0.15, 0.2) is 0 Å². The van der Waals surface area contributed by atoms with Crippen LogP contribution >= 0.6 is 46.7 Å². The van der Waals surface area contributed by atoms with E-state index < -0.39 is 0 Å². The molecule has 0 heterocycles. The van der Waals surface area contributed by atoms with Gasteiger partial charge in [-0.05, 0) is 70.8 Å². The van der Waals surface area contributed by atoms with Crippen LogP contribution in [-0.4, -0.2) is 0 Å². The number of hydrogen-bond donors (Lipinski definition) is 0. The molecular formula is C27H18Cl2S2. The minimum atomic E-state index is 0.203. The Labute approximate surface area is 201 Å². The van der Waals surface area contributed by atoms with Crippen LogP contribution in [0.4, 0.5) is 0 Å². The van der Waals surface area contributed by atoms with Gasteiger partial charge in [0.1, 0.15) is 0 Å². The summed E-state index contributed by atoms with van der Waals surface area (Å²) in [5.41, 5.74) is 5.24. The first-order chi connectivity index (χ1) is 15.2. The molecule has 1 unspecified atom stereocenters. The van der Waals surface area contributed by atoms with Crippen molar-refractivity contribution in [3.8, 4) is 0 Å². The Morgan fingerprint density at radius 2 is 1.16 bits per heavy atom. The van der Waals surface area contributed by atoms with Crippen LogP contribution in [0.2, 0.25) is 10.0 Å². The lowest BCUT2D eigenvalue weighted by Gasteiger charge is -2.17. The van der Waals surface area contributed by atoms with E-state index in [-0.39, 0.29) is 5.25 Å². The molecule has 4 heteroatoms. The number of benzene rings is 4. The smallest absolute Gasteiger partial charge is 0.0617 e. The highest BCUT2D eigenvalue weighted by atomic mass is 35.5. The highest BCUT2D eigenvalue weighted by Gasteiger charge is 2.33. The van der Waals surface area contributed by atoms with Crippen LogP contribution in [0.25, 0.3) is 10.5 Å². The van der Waals surface area contributed by atoms with Gasteiger partial charge in [-0.2, -0.15) is 0 Å². The van der Waals surface area contributed by atoms with Crippen LogP contribution < -0.4 is 0 Å². The normalized spacial score (nSPS) is 15.2. The van der Waals surface area contributed by atoms with Crippen molar-refractivity contribution in [1.29, 1.82) is 0 Å². The van der Waals surface area contributed by atoms with Crippen molar-refractivity contribution in [2.24, 2.45) is 0 Å². The van der Waals surface area contributed by atoms with Gasteiger partial charge in [-0.25, -0.2) is 0 Å². The number of halogens is 2. The maximum Gasteiger partial charge on any atom is 0.0617 e. The van der Waals surface area contributed by atoms with E-state index in [0.29, 0.717) is 0 Å². The molecule has 0 saturated carbocycles. The second kappa shape index (κ2) is 9.18. The highest BCUT2D eigenvalue weighted by molar-refractivity contribution is 8.08. The van der Waals surface area contributed by atoms with E-state index in [4.69, 9.17) is 23.2 Å². The highest BCUT2D eigenvalue weighted by Crippen LogP contribution is 2.58. The minimum absolute atomic E-state index is 0.203. The Bertz CT molecular complexity index is 1230. The lowest BCUT2D eigenvalue weighted by Crippen LogP contribution is -1.94. The van der Waals surface area contributed by atoms with E-state index in [9.17, 15) is 0 Å². The van der Waals surface area contributed by atoms with Crippen LogP contribution in [-0.2, 0) is 0 Å². The van der Waals surface area contributed by atoms with Gasteiger partial charge >= 0.3 is 0 Å². The van der Waals surface area contributed by atoms with E-state index in [1.807, 2.05) is 47.8 Å². The molecule has 5 rings (SSSR count). The summed E-state index contributed by atoms with van der Waals surface area (Å²) >= 11 is 15.9. The summed E-state index contributed by atoms with van der Waals surface area (Å²) in [5.74, 6) is 0. The first-order valence-electron chi connectivity index (χ1n) is 9.93. The molecular weight excluding hydrogens is 459 g/mol. The van der Waals surface area contributed by atoms with Gasteiger partial charge in [0.25, 0.3) is 0 Å². The van der Waals surface area contributed by atoms with Gasteiger partial charge in [0.05, 0.1) is 5.25 Å². The number of rotatable bonds is 5. The van der Waals surface area contributed by atoms with Gasteiger partial charge in [-0.1, -0.05) is 89.6 Å². The predicted molar refractivity (Wildman–Crippen MR) is 137 cm³/mol. The zero-order valence-electron chi connectivity index (χ0n) is 16.5. The number of thioether (sulfide) groups is 2. The first kappa shape index (κ1) is 20.8. The molecule has 31 heavy (non-hydrogen) atoms. The Morgan fingerprint density at radius 3 is 1.84 bits per heavy atom. The second-order valence-corrected chi connectivity index (χ2v) is 10.3. The average molecular weight is 477 g/mol. The maximum atomic E-state index is 6.13. The summed E-state index contributed by atoms with van der Waals surface area (Å²) < 4.78 is 0. The first-order valence-corrected chi connectivity index (χ1v) is 12.4. The van der Waals surface area contributed by atoms with E-state index in [1.165, 1.54) is 37.0 Å². The van der Waals surface area contributed by atoms with Crippen molar-refractivity contribution >= 4 is 57.2 Å². The summed E-state index contributed by atoms with van der Waals surface area (Å²) in [6, 6.07) is 35.6. The molecule has 0 radical (unpaired) electrons. The van der Waals surface area contributed by atoms with Crippen molar-refractivity contribution in [3.05, 3.63) is 130 Å². The number of hydrogen-bond acceptors (Lipinski definition) is 2. The van der Waals surface area contributed by atoms with Crippen molar-refractivity contribution in [2.45, 2.75) is 15.0 Å². The van der Waals surface area contributed by atoms with Crippen molar-refractivity contribution in [3.63, 3.8) is 0 Å². The molecule has 0 bridgehead atoms. The molecule has 1 atom stereocenters. The van der Waals surface area contributed by atoms with Crippen LogP contribution in [0.1, 0.15) is 21.9 Å². The maximum absolute atomic E-state index is 6.13. The monoisotopic (exact) mass is 476 g/mol. The average Bonchev–Trinajstić information content (AvgIpc) is 3.10. The van der Waals surface area contributed by atoms with Crippen LogP contribution in [0.5, 0.6) is 0 Å². The fraction of sp³-hybridized carbons (Fsp3) is 0.0370. The van der Waals surface area contributed by atoms with E-state index in [0.717, 1.165) is 10.0 Å². The molecule has 0 aromatic heterocycles. The SMILES string of the molecule is Clc1ccc(SC2=C(c3ccccc3)C(Sc3ccc(Cl)cc3)c3ccccc32)cc1. The van der Waals surface area contributed by atoms with Gasteiger partial charge < -0.3 is 0 Å². The van der Waals surface area contributed by atoms with Crippen molar-refractivity contribution < 1.29 is 0 Å². The van der Waals surface area contributed by atoms with Gasteiger partial charge in [-0.3, -0.25) is 0 Å². The van der Waals surface area contributed by atoms with Crippen LogP contribution in [0.3, 0.4) is 0 Å². The van der Waals surface area contributed by atoms with Crippen LogP contribution in [0.15, 0.2) is 113 Å². The molecule has 0 nitrogen and oxygen atoms in total. The summed E-state index contributed by atoms with van der Waals surface area (Å²) in [4.78, 5) is 3.69. The standard InChI is InChI=1S/C27H18Cl2S2/c28-19-10-14-21(15-11-19)30-26-23-8-4-5-9-24(23)27(25(26)18-6-2-1-3-7-18)31-22-16-12-20(29)13-17-22/h1-17,26H. The molecule has 0 aliphatic heterocycles. The van der Waals surface area contributed by atoms with Crippen molar-refractivity contribution in [2.75, 3.05) is 0 Å². The lowest BCUT2D eigenvalue weighted by molar-refractivity contribution is 1.26. The topological polar surface area (TPSA) is 0 Å². The molecule has 1 aliphatic carbocycles. The van der Waals surface area contributed by atoms with E-state index in [2.05, 4.69) is 78.9 Å². The largest absolute Gasteiger partial charge is 0.113 e. The predicted octanol–water partition coefficient (Wildman–Crippen LogP) is 9.50. The third-order valence-corrected chi connectivity index (χ3v) is 8.11. The lowest BCUT2D eigenvalue weighted by atomic mass is 10.0. The Morgan fingerprint density at radius 1 is 0.581 bits per heavy atom. The Hall–Kier alpha value is -2.10. The van der Waals surface area contributed by atoms with E-state index in [1.54, 1.807) is 0 Å². The summed E-state index contributed by atoms with van der Waals surface area (Å²) in [6.45, 7) is 0. The quantitative estimate of drug-likeness (QED) is 0.281. The third-order valence-electron chi connectivity index (χ3n) is 5.18. The van der Waals surface area contributed by atoms with Gasteiger partial charge in [-0.15, -0.1) is 11.8 Å². The zero-order chi connectivity index (χ0) is 21.2. The Kier molecular flexibility index (Phi) is 6.15. The molecule has 4 aromatic rings. The minimum Gasteiger partial charge on any atom is -0.113 e. The molecule has 152 valence electrons. The Balaban J connectivity index is 1.65. The molecule has 0 fully saturated rings. The second-order valence-electron chi connectivity index (χ2n) is 7.20.